The van der Waals surface area contributed by atoms with Crippen LogP contribution in [0.15, 0.2) is 24.7 Å². The van der Waals surface area contributed by atoms with Gasteiger partial charge in [0.2, 0.25) is 11.8 Å². The molecule has 0 saturated carbocycles. The molecule has 0 radical (unpaired) electrons. The summed E-state index contributed by atoms with van der Waals surface area (Å²) >= 11 is 0. The highest BCUT2D eigenvalue weighted by Crippen LogP contribution is 2.33. The Morgan fingerprint density at radius 1 is 1.22 bits per heavy atom. The molecule has 2 aliphatic rings. The Kier molecular flexibility index (Phi) is 4.65. The first-order chi connectivity index (χ1) is 13.1. The molecule has 2 aliphatic heterocycles. The Hall–Kier alpha value is -2.74. The van der Waals surface area contributed by atoms with Crippen molar-refractivity contribution < 1.29 is 14.3 Å². The van der Waals surface area contributed by atoms with Crippen molar-refractivity contribution in [3.8, 4) is 11.6 Å². The van der Waals surface area contributed by atoms with Crippen molar-refractivity contribution in [2.45, 2.75) is 32.3 Å². The van der Waals surface area contributed by atoms with Crippen molar-refractivity contribution in [1.82, 2.24) is 20.3 Å². The maximum atomic E-state index is 11.3. The van der Waals surface area contributed by atoms with E-state index in [2.05, 4.69) is 25.2 Å². The summed E-state index contributed by atoms with van der Waals surface area (Å²) in [5.74, 6) is 2.06. The van der Waals surface area contributed by atoms with Gasteiger partial charge >= 0.3 is 0 Å². The molecule has 2 fully saturated rings. The number of nitrogens with one attached hydrogen (secondary N) is 1. The molecule has 0 aliphatic carbocycles. The first-order valence-corrected chi connectivity index (χ1v) is 9.13. The third-order valence-electron chi connectivity index (χ3n) is 5.27. The number of hydrogen-bond donors (Lipinski definition) is 1. The first-order valence-electron chi connectivity index (χ1n) is 9.13. The highest BCUT2D eigenvalue weighted by molar-refractivity contribution is 5.78. The summed E-state index contributed by atoms with van der Waals surface area (Å²) < 4.78 is 11.8. The van der Waals surface area contributed by atoms with Gasteiger partial charge in [0.15, 0.2) is 5.75 Å². The number of hydrogen-bond acceptors (Lipinski definition) is 7. The molecule has 4 rings (SSSR count). The smallest absolute Gasteiger partial charge is 0.246 e. The van der Waals surface area contributed by atoms with Gasteiger partial charge in [-0.25, -0.2) is 9.97 Å². The molecule has 1 N–H and O–H groups in total. The van der Waals surface area contributed by atoms with Gasteiger partial charge in [0.1, 0.15) is 18.8 Å². The van der Waals surface area contributed by atoms with Gasteiger partial charge in [-0.3, -0.25) is 9.78 Å². The van der Waals surface area contributed by atoms with Crippen molar-refractivity contribution in [2.75, 3.05) is 31.1 Å². The molecule has 0 atom stereocenters. The highest BCUT2D eigenvalue weighted by atomic mass is 16.5. The molecule has 0 bridgehead atoms. The largest absolute Gasteiger partial charge is 0.437 e. The second-order valence-corrected chi connectivity index (χ2v) is 7.05. The van der Waals surface area contributed by atoms with E-state index in [-0.39, 0.29) is 18.1 Å². The zero-order valence-corrected chi connectivity index (χ0v) is 15.6. The van der Waals surface area contributed by atoms with Gasteiger partial charge in [0.25, 0.3) is 0 Å². The third kappa shape index (κ3) is 3.57. The number of morpholine rings is 1. The lowest BCUT2D eigenvalue weighted by Gasteiger charge is -2.44. The van der Waals surface area contributed by atoms with Gasteiger partial charge in [0, 0.05) is 25.8 Å². The fraction of sp³-hybridized carbons (Fsp3) is 0.474. The van der Waals surface area contributed by atoms with Crippen molar-refractivity contribution in [1.29, 1.82) is 0 Å². The number of anilines is 1. The second-order valence-electron chi connectivity index (χ2n) is 7.05. The minimum Gasteiger partial charge on any atom is -0.437 e. The molecule has 4 heterocycles. The Bertz CT molecular complexity index is 837. The van der Waals surface area contributed by atoms with Crippen LogP contribution < -0.4 is 15.0 Å². The summed E-state index contributed by atoms with van der Waals surface area (Å²) in [6.07, 6.45) is 4.95. The van der Waals surface area contributed by atoms with Crippen molar-refractivity contribution >= 4 is 11.7 Å². The van der Waals surface area contributed by atoms with Crippen LogP contribution >= 0.6 is 0 Å². The van der Waals surface area contributed by atoms with E-state index < -0.39 is 0 Å². The quantitative estimate of drug-likeness (QED) is 0.882. The van der Waals surface area contributed by atoms with E-state index in [1.165, 1.54) is 6.33 Å². The summed E-state index contributed by atoms with van der Waals surface area (Å²) in [5, 5.41) is 2.92. The summed E-state index contributed by atoms with van der Waals surface area (Å²) in [5.41, 5.74) is 1.46. The molecule has 8 nitrogen and oxygen atoms in total. The van der Waals surface area contributed by atoms with Gasteiger partial charge in [-0.15, -0.1) is 0 Å². The van der Waals surface area contributed by atoms with Crippen LogP contribution in [-0.4, -0.2) is 52.7 Å². The minimum atomic E-state index is -0.252. The number of aryl methyl sites for hydroxylation is 1. The van der Waals surface area contributed by atoms with Crippen LogP contribution in [0.3, 0.4) is 0 Å². The zero-order valence-electron chi connectivity index (χ0n) is 15.6. The van der Waals surface area contributed by atoms with Gasteiger partial charge in [0.05, 0.1) is 16.9 Å². The molecule has 0 aromatic carbocycles. The Morgan fingerprint density at radius 3 is 2.74 bits per heavy atom. The van der Waals surface area contributed by atoms with E-state index in [0.717, 1.165) is 43.0 Å². The zero-order chi connectivity index (χ0) is 18.9. The third-order valence-corrected chi connectivity index (χ3v) is 5.27. The minimum absolute atomic E-state index is 0.0396. The average molecular weight is 369 g/mol. The lowest BCUT2D eigenvalue weighted by Crippen LogP contribution is -2.57. The normalized spacial score (nSPS) is 19.0. The fourth-order valence-corrected chi connectivity index (χ4v) is 3.56. The summed E-state index contributed by atoms with van der Waals surface area (Å²) in [4.78, 5) is 26.6. The van der Waals surface area contributed by atoms with Crippen LogP contribution in [0.1, 0.15) is 24.1 Å². The second kappa shape index (κ2) is 7.11. The predicted octanol–water partition coefficient (Wildman–Crippen LogP) is 1.77. The highest BCUT2D eigenvalue weighted by Gasteiger charge is 2.39. The SMILES string of the molecule is Cc1ncccc1Oc1ncnc(N2CCC3(CC2)CNC(=O)CO3)c1C. The summed E-state index contributed by atoms with van der Waals surface area (Å²) in [6.45, 7) is 6.21. The number of piperidine rings is 1. The molecule has 2 aromatic heterocycles. The van der Waals surface area contributed by atoms with Crippen molar-refractivity contribution in [3.63, 3.8) is 0 Å². The average Bonchev–Trinajstić information content (AvgIpc) is 2.69. The maximum absolute atomic E-state index is 11.3. The summed E-state index contributed by atoms with van der Waals surface area (Å²) in [7, 11) is 0. The number of carbonyl (C=O) groups excluding carboxylic acids is 1. The standard InChI is InChI=1S/C19H23N5O3/c1-13-17(22-12-23-18(13)27-15-4-3-7-20-14(15)2)24-8-5-19(6-9-24)11-21-16(25)10-26-19/h3-4,7,12H,5-6,8-11H2,1-2H3,(H,21,25). The lowest BCUT2D eigenvalue weighted by molar-refractivity contribution is -0.146. The number of ether oxygens (including phenoxy) is 2. The van der Waals surface area contributed by atoms with Crippen LogP contribution in [-0.2, 0) is 9.53 Å². The fourth-order valence-electron chi connectivity index (χ4n) is 3.56. The van der Waals surface area contributed by atoms with Crippen LogP contribution in [0, 0.1) is 13.8 Å². The van der Waals surface area contributed by atoms with E-state index in [1.54, 1.807) is 6.20 Å². The number of pyridine rings is 1. The van der Waals surface area contributed by atoms with Crippen molar-refractivity contribution in [2.24, 2.45) is 0 Å². The molecule has 1 spiro atoms. The molecule has 0 unspecified atom stereocenters. The van der Waals surface area contributed by atoms with E-state index in [4.69, 9.17) is 9.47 Å². The van der Waals surface area contributed by atoms with E-state index in [1.807, 2.05) is 26.0 Å². The number of rotatable bonds is 3. The molecule has 142 valence electrons. The monoisotopic (exact) mass is 369 g/mol. The number of amides is 1. The molecular weight excluding hydrogens is 346 g/mol. The first kappa shape index (κ1) is 17.7. The maximum Gasteiger partial charge on any atom is 0.246 e. The van der Waals surface area contributed by atoms with Gasteiger partial charge in [-0.05, 0) is 38.8 Å². The summed E-state index contributed by atoms with van der Waals surface area (Å²) in [6, 6.07) is 3.72. The molecule has 1 amide bonds. The molecule has 2 saturated heterocycles. The number of nitrogens with zero attached hydrogens (tertiary/aromatic N) is 4. The van der Waals surface area contributed by atoms with Crippen LogP contribution in [0.25, 0.3) is 0 Å². The lowest BCUT2D eigenvalue weighted by atomic mass is 9.90. The van der Waals surface area contributed by atoms with Crippen molar-refractivity contribution in [3.05, 3.63) is 35.9 Å². The Balaban J connectivity index is 1.49. The van der Waals surface area contributed by atoms with E-state index in [0.29, 0.717) is 18.2 Å². The topological polar surface area (TPSA) is 89.5 Å². The molecule has 2 aromatic rings. The van der Waals surface area contributed by atoms with Crippen LogP contribution in [0.2, 0.25) is 0 Å². The van der Waals surface area contributed by atoms with Gasteiger partial charge in [-0.1, -0.05) is 0 Å². The van der Waals surface area contributed by atoms with E-state index in [9.17, 15) is 4.79 Å². The molecule has 27 heavy (non-hydrogen) atoms. The Labute approximate surface area is 157 Å². The Morgan fingerprint density at radius 2 is 2.04 bits per heavy atom. The van der Waals surface area contributed by atoms with E-state index >= 15 is 0 Å². The van der Waals surface area contributed by atoms with Gasteiger partial charge < -0.3 is 19.7 Å². The van der Waals surface area contributed by atoms with Crippen LogP contribution in [0.4, 0.5) is 5.82 Å². The number of carbonyl (C=O) groups is 1. The van der Waals surface area contributed by atoms with Gasteiger partial charge in [-0.2, -0.15) is 0 Å². The van der Waals surface area contributed by atoms with Crippen LogP contribution in [0.5, 0.6) is 11.6 Å². The predicted molar refractivity (Wildman–Crippen MR) is 99.0 cm³/mol. The number of aromatic nitrogens is 3. The molecule has 8 heteroatoms. The molecular formula is C19H23N5O3.